The Bertz CT molecular complexity index is 387. The van der Waals surface area contributed by atoms with E-state index in [0.29, 0.717) is 0 Å². The Morgan fingerprint density at radius 2 is 1.72 bits per heavy atom. The number of carbonyl (C=O) groups excluding carboxylic acids is 1. The molecule has 1 rings (SSSR count). The quantitative estimate of drug-likeness (QED) is 0.818. The first-order valence-electron chi connectivity index (χ1n) is 6.05. The van der Waals surface area contributed by atoms with E-state index in [1.54, 1.807) is 0 Å². The number of aryl methyl sites for hydroxylation is 2. The number of hydrogen-bond acceptors (Lipinski definition) is 2. The summed E-state index contributed by atoms with van der Waals surface area (Å²) in [7, 11) is 0. The zero-order valence-corrected chi connectivity index (χ0v) is 12.5. The van der Waals surface area contributed by atoms with Crippen molar-refractivity contribution in [1.29, 1.82) is 0 Å². The number of rotatable bonds is 6. The predicted octanol–water partition coefficient (Wildman–Crippen LogP) is 3.43. The summed E-state index contributed by atoms with van der Waals surface area (Å²) < 4.78 is 5.05. The predicted molar refractivity (Wildman–Crippen MR) is 77.0 cm³/mol. The zero-order chi connectivity index (χ0) is 13.6. The highest BCUT2D eigenvalue weighted by molar-refractivity contribution is 9.09. The number of benzene rings is 1. The number of hydrogen-bond donors (Lipinski definition) is 1. The fourth-order valence-corrected chi connectivity index (χ4v) is 2.21. The maximum atomic E-state index is 10.7. The third-order valence-electron chi connectivity index (χ3n) is 2.80. The van der Waals surface area contributed by atoms with Crippen LogP contribution in [0.5, 0.6) is 0 Å². The molecule has 4 heteroatoms. The molecule has 0 bridgehead atoms. The average Bonchev–Trinajstić information content (AvgIpc) is 2.27. The van der Waals surface area contributed by atoms with Crippen LogP contribution in [-0.4, -0.2) is 17.0 Å². The van der Waals surface area contributed by atoms with Crippen molar-refractivity contribution in [2.24, 2.45) is 5.73 Å². The van der Waals surface area contributed by atoms with Gasteiger partial charge >= 0.3 is 6.09 Å². The molecule has 0 aliphatic rings. The molecule has 2 N–H and O–H groups in total. The normalized spacial score (nSPS) is 11.3. The van der Waals surface area contributed by atoms with Gasteiger partial charge in [0.2, 0.25) is 0 Å². The van der Waals surface area contributed by atoms with Gasteiger partial charge in [0.25, 0.3) is 0 Å². The highest BCUT2D eigenvalue weighted by atomic mass is 79.9. The number of amides is 1. The van der Waals surface area contributed by atoms with E-state index >= 15 is 0 Å². The number of primary amides is 1. The third kappa shape index (κ3) is 5.54. The van der Waals surface area contributed by atoms with Gasteiger partial charge in [0, 0.05) is 5.33 Å². The van der Waals surface area contributed by atoms with Crippen molar-refractivity contribution in [3.63, 3.8) is 0 Å². The molecule has 0 aliphatic heterocycles. The Morgan fingerprint density at radius 3 is 2.17 bits per heavy atom. The summed E-state index contributed by atoms with van der Waals surface area (Å²) >= 11 is 3.42. The number of nitrogens with two attached hydrogens (primary N) is 1. The van der Waals surface area contributed by atoms with Gasteiger partial charge in [0.15, 0.2) is 0 Å². The summed E-state index contributed by atoms with van der Waals surface area (Å²) in [5, 5.41) is 0.978. The second-order valence-corrected chi connectivity index (χ2v) is 5.73. The smallest absolute Gasteiger partial charge is 0.405 e. The maximum Gasteiger partial charge on any atom is 0.405 e. The molecule has 0 saturated carbocycles. The second kappa shape index (κ2) is 6.78. The molecule has 18 heavy (non-hydrogen) atoms. The van der Waals surface area contributed by atoms with Crippen LogP contribution >= 0.6 is 15.9 Å². The fraction of sp³-hybridized carbons (Fsp3) is 0.500. The van der Waals surface area contributed by atoms with Crippen molar-refractivity contribution in [2.75, 3.05) is 5.33 Å². The SMILES string of the molecule is CC(C)(CCc1ccc(CCBr)cc1)OC(N)=O. The van der Waals surface area contributed by atoms with Crippen LogP contribution in [0.2, 0.25) is 0 Å². The van der Waals surface area contributed by atoms with Crippen LogP contribution in [0.25, 0.3) is 0 Å². The Morgan fingerprint density at radius 1 is 1.22 bits per heavy atom. The highest BCUT2D eigenvalue weighted by Gasteiger charge is 2.21. The van der Waals surface area contributed by atoms with Crippen LogP contribution in [0.1, 0.15) is 31.4 Å². The second-order valence-electron chi connectivity index (χ2n) is 4.94. The molecule has 0 saturated heterocycles. The molecule has 0 radical (unpaired) electrons. The summed E-state index contributed by atoms with van der Waals surface area (Å²) in [6, 6.07) is 8.52. The fourth-order valence-electron chi connectivity index (χ4n) is 1.75. The summed E-state index contributed by atoms with van der Waals surface area (Å²) in [5.41, 5.74) is 7.09. The molecule has 0 unspecified atom stereocenters. The van der Waals surface area contributed by atoms with E-state index < -0.39 is 11.7 Å². The van der Waals surface area contributed by atoms with Gasteiger partial charge in [-0.25, -0.2) is 4.79 Å². The van der Waals surface area contributed by atoms with Crippen molar-refractivity contribution in [1.82, 2.24) is 0 Å². The van der Waals surface area contributed by atoms with Crippen LogP contribution in [0.3, 0.4) is 0 Å². The van der Waals surface area contributed by atoms with Crippen LogP contribution in [0.4, 0.5) is 4.79 Å². The minimum Gasteiger partial charge on any atom is -0.444 e. The zero-order valence-electron chi connectivity index (χ0n) is 10.9. The first-order valence-corrected chi connectivity index (χ1v) is 7.17. The lowest BCUT2D eigenvalue weighted by Gasteiger charge is -2.23. The standard InChI is InChI=1S/C14H20BrNO2/c1-14(2,18-13(16)17)9-7-11-3-5-12(6-4-11)8-10-15/h3-6H,7-10H2,1-2H3,(H2,16,17). The van der Waals surface area contributed by atoms with Gasteiger partial charge in [-0.3, -0.25) is 0 Å². The molecule has 100 valence electrons. The summed E-state index contributed by atoms with van der Waals surface area (Å²) in [5.74, 6) is 0. The van der Waals surface area contributed by atoms with Gasteiger partial charge in [0.05, 0.1) is 0 Å². The molecule has 0 aromatic heterocycles. The van der Waals surface area contributed by atoms with Crippen molar-refractivity contribution in [2.45, 2.75) is 38.7 Å². The molecule has 1 aromatic carbocycles. The Kier molecular flexibility index (Phi) is 5.66. The van der Waals surface area contributed by atoms with Crippen LogP contribution < -0.4 is 5.73 Å². The van der Waals surface area contributed by atoms with E-state index in [-0.39, 0.29) is 0 Å². The van der Waals surface area contributed by atoms with Gasteiger partial charge in [0.1, 0.15) is 5.60 Å². The van der Waals surface area contributed by atoms with Crippen LogP contribution in [-0.2, 0) is 17.6 Å². The van der Waals surface area contributed by atoms with E-state index in [4.69, 9.17) is 10.5 Å². The van der Waals surface area contributed by atoms with Crippen molar-refractivity contribution in [3.05, 3.63) is 35.4 Å². The molecule has 0 aliphatic carbocycles. The lowest BCUT2D eigenvalue weighted by molar-refractivity contribution is 0.0394. The van der Waals surface area contributed by atoms with Gasteiger partial charge in [-0.2, -0.15) is 0 Å². The van der Waals surface area contributed by atoms with Gasteiger partial charge in [-0.15, -0.1) is 0 Å². The molecule has 1 amide bonds. The molecule has 1 aromatic rings. The summed E-state index contributed by atoms with van der Waals surface area (Å²) in [6.07, 6.45) is 1.95. The molecule has 0 atom stereocenters. The van der Waals surface area contributed by atoms with Crippen molar-refractivity contribution < 1.29 is 9.53 Å². The Hall–Kier alpha value is -1.03. The Balaban J connectivity index is 2.50. The van der Waals surface area contributed by atoms with E-state index in [0.717, 1.165) is 24.6 Å². The number of ether oxygens (including phenoxy) is 1. The molecule has 3 nitrogen and oxygen atoms in total. The number of alkyl halides is 1. The minimum absolute atomic E-state index is 0.514. The van der Waals surface area contributed by atoms with Crippen LogP contribution in [0.15, 0.2) is 24.3 Å². The van der Waals surface area contributed by atoms with E-state index in [1.165, 1.54) is 11.1 Å². The van der Waals surface area contributed by atoms with E-state index in [9.17, 15) is 4.79 Å². The molecule has 0 heterocycles. The first-order chi connectivity index (χ1) is 8.43. The van der Waals surface area contributed by atoms with E-state index in [1.807, 2.05) is 13.8 Å². The molecular weight excluding hydrogens is 294 g/mol. The minimum atomic E-state index is -0.715. The van der Waals surface area contributed by atoms with E-state index in [2.05, 4.69) is 40.2 Å². The van der Waals surface area contributed by atoms with Gasteiger partial charge in [-0.1, -0.05) is 40.2 Å². The summed E-state index contributed by atoms with van der Waals surface area (Å²) in [4.78, 5) is 10.7. The lowest BCUT2D eigenvalue weighted by atomic mass is 9.98. The highest BCUT2D eigenvalue weighted by Crippen LogP contribution is 2.18. The monoisotopic (exact) mass is 313 g/mol. The lowest BCUT2D eigenvalue weighted by Crippen LogP contribution is -2.31. The maximum absolute atomic E-state index is 10.7. The van der Waals surface area contributed by atoms with Gasteiger partial charge < -0.3 is 10.5 Å². The van der Waals surface area contributed by atoms with Crippen molar-refractivity contribution >= 4 is 22.0 Å². The molecule has 0 fully saturated rings. The number of halogens is 1. The summed E-state index contributed by atoms with van der Waals surface area (Å²) in [6.45, 7) is 3.74. The largest absolute Gasteiger partial charge is 0.444 e. The number of carbonyl (C=O) groups is 1. The molecular formula is C14H20BrNO2. The Labute approximate surface area is 117 Å². The van der Waals surface area contributed by atoms with Gasteiger partial charge in [-0.05, 0) is 44.2 Å². The van der Waals surface area contributed by atoms with Crippen LogP contribution in [0, 0.1) is 0 Å². The van der Waals surface area contributed by atoms with Crippen molar-refractivity contribution in [3.8, 4) is 0 Å². The topological polar surface area (TPSA) is 52.3 Å². The third-order valence-corrected chi connectivity index (χ3v) is 3.20. The first kappa shape index (κ1) is 15.0. The molecule has 0 spiro atoms. The average molecular weight is 314 g/mol.